The lowest BCUT2D eigenvalue weighted by atomic mass is 10.2. The van der Waals surface area contributed by atoms with E-state index < -0.39 is 0 Å². The number of hydrogen-bond donors (Lipinski definition) is 0. The lowest BCUT2D eigenvalue weighted by molar-refractivity contribution is 0.347. The minimum atomic E-state index is 1.19. The van der Waals surface area contributed by atoms with E-state index in [0.717, 1.165) is 0 Å². The molecule has 0 rings (SSSR count). The molecule has 1 nitrogen and oxygen atoms in total. The predicted octanol–water partition coefficient (Wildman–Crippen LogP) is 5.19. The number of rotatable bonds is 12. The average molecular weight is 251 g/mol. The third-order valence-corrected chi connectivity index (χ3v) is 3.14. The van der Waals surface area contributed by atoms with Gasteiger partial charge in [0.2, 0.25) is 0 Å². The van der Waals surface area contributed by atoms with Gasteiger partial charge < -0.3 is 4.90 Å². The van der Waals surface area contributed by atoms with Crippen molar-refractivity contribution in [3.63, 3.8) is 0 Å². The molecule has 0 N–H and O–H groups in total. The van der Waals surface area contributed by atoms with E-state index >= 15 is 0 Å². The van der Waals surface area contributed by atoms with Crippen LogP contribution in [0.4, 0.5) is 0 Å². The first-order valence-electron chi connectivity index (χ1n) is 7.79. The van der Waals surface area contributed by atoms with E-state index in [0.29, 0.717) is 0 Å². The largest absolute Gasteiger partial charge is 0.306 e. The van der Waals surface area contributed by atoms with Gasteiger partial charge in [0.25, 0.3) is 0 Å². The molecular formula is C17H33N. The molecular weight excluding hydrogens is 218 g/mol. The van der Waals surface area contributed by atoms with Crippen molar-refractivity contribution in [2.24, 2.45) is 0 Å². The summed E-state index contributed by atoms with van der Waals surface area (Å²) in [6.07, 6.45) is 19.5. The van der Waals surface area contributed by atoms with Crippen LogP contribution in [0.1, 0.15) is 65.2 Å². The monoisotopic (exact) mass is 251 g/mol. The van der Waals surface area contributed by atoms with E-state index in [-0.39, 0.29) is 0 Å². The standard InChI is InChI=1S/C17H33N/c1-4-6-8-10-12-14-16-18(3)17-15-13-11-9-7-5-2/h10-13H,4-9,14-17H2,1-3H3/b12-10+,13-11+. The number of unbranched alkanes of at least 4 members (excludes halogenated alkanes) is 4. The molecule has 0 aliphatic rings. The van der Waals surface area contributed by atoms with Crippen molar-refractivity contribution in [3.8, 4) is 0 Å². The quantitative estimate of drug-likeness (QED) is 0.341. The first-order valence-corrected chi connectivity index (χ1v) is 7.79. The summed E-state index contributed by atoms with van der Waals surface area (Å²) in [7, 11) is 2.22. The fourth-order valence-electron chi connectivity index (χ4n) is 1.82. The Morgan fingerprint density at radius 1 is 0.667 bits per heavy atom. The van der Waals surface area contributed by atoms with Crippen LogP contribution in [-0.4, -0.2) is 25.0 Å². The Labute approximate surface area is 115 Å². The molecule has 0 heterocycles. The van der Waals surface area contributed by atoms with E-state index in [9.17, 15) is 0 Å². The molecule has 0 aliphatic carbocycles. The Hall–Kier alpha value is -0.560. The topological polar surface area (TPSA) is 3.24 Å². The average Bonchev–Trinajstić information content (AvgIpc) is 2.38. The van der Waals surface area contributed by atoms with Crippen LogP contribution in [0.3, 0.4) is 0 Å². The van der Waals surface area contributed by atoms with Gasteiger partial charge in [-0.2, -0.15) is 0 Å². The number of nitrogens with zero attached hydrogens (tertiary/aromatic N) is 1. The van der Waals surface area contributed by atoms with Crippen LogP contribution < -0.4 is 0 Å². The minimum Gasteiger partial charge on any atom is -0.306 e. The molecule has 0 saturated heterocycles. The van der Waals surface area contributed by atoms with Gasteiger partial charge in [0.05, 0.1) is 0 Å². The molecule has 0 bridgehead atoms. The maximum atomic E-state index is 2.42. The second kappa shape index (κ2) is 14.5. The van der Waals surface area contributed by atoms with Crippen LogP contribution in [0.2, 0.25) is 0 Å². The Bertz CT molecular complexity index is 184. The van der Waals surface area contributed by atoms with E-state index in [1.54, 1.807) is 0 Å². The van der Waals surface area contributed by atoms with E-state index in [4.69, 9.17) is 0 Å². The van der Waals surface area contributed by atoms with Gasteiger partial charge in [0.15, 0.2) is 0 Å². The van der Waals surface area contributed by atoms with Crippen molar-refractivity contribution in [2.75, 3.05) is 20.1 Å². The Balaban J connectivity index is 3.34. The SMILES string of the molecule is CCCC/C=C/CCN(C)CC/C=C/CCCC. The zero-order valence-electron chi connectivity index (χ0n) is 12.8. The maximum absolute atomic E-state index is 2.42. The highest BCUT2D eigenvalue weighted by Gasteiger charge is 1.93. The first-order chi connectivity index (χ1) is 8.81. The molecule has 0 amide bonds. The molecule has 0 atom stereocenters. The predicted molar refractivity (Wildman–Crippen MR) is 84.1 cm³/mol. The van der Waals surface area contributed by atoms with Crippen molar-refractivity contribution >= 4 is 0 Å². The Kier molecular flexibility index (Phi) is 14.0. The highest BCUT2D eigenvalue weighted by Crippen LogP contribution is 1.99. The van der Waals surface area contributed by atoms with Gasteiger partial charge >= 0.3 is 0 Å². The molecule has 0 aromatic heterocycles. The second-order valence-electron chi connectivity index (χ2n) is 5.11. The minimum absolute atomic E-state index is 1.19. The molecule has 0 spiro atoms. The van der Waals surface area contributed by atoms with Crippen molar-refractivity contribution in [2.45, 2.75) is 65.2 Å². The molecule has 0 fully saturated rings. The van der Waals surface area contributed by atoms with E-state index in [1.165, 1.54) is 64.5 Å². The molecule has 0 saturated carbocycles. The van der Waals surface area contributed by atoms with Gasteiger partial charge in [-0.15, -0.1) is 0 Å². The first kappa shape index (κ1) is 17.4. The van der Waals surface area contributed by atoms with Gasteiger partial charge in [-0.3, -0.25) is 0 Å². The molecule has 0 radical (unpaired) electrons. The molecule has 1 heteroatoms. The summed E-state index contributed by atoms with van der Waals surface area (Å²) >= 11 is 0. The molecule has 0 aromatic rings. The third-order valence-electron chi connectivity index (χ3n) is 3.14. The molecule has 18 heavy (non-hydrogen) atoms. The Morgan fingerprint density at radius 2 is 1.06 bits per heavy atom. The van der Waals surface area contributed by atoms with Crippen molar-refractivity contribution in [1.29, 1.82) is 0 Å². The third kappa shape index (κ3) is 13.5. The lowest BCUT2D eigenvalue weighted by Gasteiger charge is -2.13. The van der Waals surface area contributed by atoms with E-state index in [1.807, 2.05) is 0 Å². The zero-order valence-corrected chi connectivity index (χ0v) is 12.8. The summed E-state index contributed by atoms with van der Waals surface area (Å²) in [6.45, 7) is 6.86. The highest BCUT2D eigenvalue weighted by molar-refractivity contribution is 4.84. The summed E-state index contributed by atoms with van der Waals surface area (Å²) in [4.78, 5) is 2.42. The number of allylic oxidation sites excluding steroid dienone is 2. The number of hydrogen-bond acceptors (Lipinski definition) is 1. The van der Waals surface area contributed by atoms with Crippen LogP contribution >= 0.6 is 0 Å². The van der Waals surface area contributed by atoms with Gasteiger partial charge in [0.1, 0.15) is 0 Å². The molecule has 0 aliphatic heterocycles. The summed E-state index contributed by atoms with van der Waals surface area (Å²) in [5.41, 5.74) is 0. The fourth-order valence-corrected chi connectivity index (χ4v) is 1.82. The maximum Gasteiger partial charge on any atom is 0.00130 e. The highest BCUT2D eigenvalue weighted by atomic mass is 15.1. The summed E-state index contributed by atoms with van der Waals surface area (Å²) in [5, 5.41) is 0. The van der Waals surface area contributed by atoms with Crippen LogP contribution in [0.5, 0.6) is 0 Å². The molecule has 0 unspecified atom stereocenters. The van der Waals surface area contributed by atoms with Gasteiger partial charge in [0, 0.05) is 13.1 Å². The van der Waals surface area contributed by atoms with Crippen LogP contribution in [0.15, 0.2) is 24.3 Å². The van der Waals surface area contributed by atoms with Crippen LogP contribution in [-0.2, 0) is 0 Å². The van der Waals surface area contributed by atoms with Gasteiger partial charge in [-0.25, -0.2) is 0 Å². The van der Waals surface area contributed by atoms with Crippen LogP contribution in [0, 0.1) is 0 Å². The molecule has 106 valence electrons. The summed E-state index contributed by atoms with van der Waals surface area (Å²) in [5.74, 6) is 0. The fraction of sp³-hybridized carbons (Fsp3) is 0.765. The zero-order chi connectivity index (χ0) is 13.5. The van der Waals surface area contributed by atoms with Crippen molar-refractivity contribution < 1.29 is 0 Å². The van der Waals surface area contributed by atoms with Gasteiger partial charge in [-0.05, 0) is 32.7 Å². The lowest BCUT2D eigenvalue weighted by Crippen LogP contribution is -2.19. The Morgan fingerprint density at radius 3 is 1.44 bits per heavy atom. The normalized spacial score (nSPS) is 12.2. The van der Waals surface area contributed by atoms with Crippen molar-refractivity contribution in [1.82, 2.24) is 4.90 Å². The van der Waals surface area contributed by atoms with Crippen LogP contribution in [0.25, 0.3) is 0 Å². The van der Waals surface area contributed by atoms with E-state index in [2.05, 4.69) is 50.1 Å². The smallest absolute Gasteiger partial charge is 0.00130 e. The summed E-state index contributed by atoms with van der Waals surface area (Å²) in [6, 6.07) is 0. The van der Waals surface area contributed by atoms with Crippen molar-refractivity contribution in [3.05, 3.63) is 24.3 Å². The summed E-state index contributed by atoms with van der Waals surface area (Å²) < 4.78 is 0. The second-order valence-corrected chi connectivity index (χ2v) is 5.11. The van der Waals surface area contributed by atoms with Gasteiger partial charge in [-0.1, -0.05) is 63.8 Å². The molecule has 0 aromatic carbocycles.